The molecule has 3 rings (SSSR count). The van der Waals surface area contributed by atoms with Crippen LogP contribution in [0.25, 0.3) is 0 Å². The van der Waals surface area contributed by atoms with Crippen molar-refractivity contribution in [3.05, 3.63) is 54.1 Å². The number of rotatable bonds is 4. The van der Waals surface area contributed by atoms with E-state index in [0.717, 1.165) is 12.1 Å². The molecule has 0 spiro atoms. The number of hydrogen-bond donors (Lipinski definition) is 1. The number of carbonyl (C=O) groups excluding carboxylic acids is 2. The van der Waals surface area contributed by atoms with Gasteiger partial charge in [-0.3, -0.25) is 10.1 Å². The highest BCUT2D eigenvalue weighted by Gasteiger charge is 2.33. The van der Waals surface area contributed by atoms with Crippen LogP contribution in [0, 0.1) is 0 Å². The third-order valence-corrected chi connectivity index (χ3v) is 4.39. The van der Waals surface area contributed by atoms with E-state index in [1.807, 2.05) is 30.0 Å². The molecule has 2 aromatic carbocycles. The largest absolute Gasteiger partial charge is 0.481 e. The highest BCUT2D eigenvalue weighted by Crippen LogP contribution is 2.32. The number of amides is 2. The third kappa shape index (κ3) is 3.64. The third-order valence-electron chi connectivity index (χ3n) is 4.39. The average molecular weight is 354 g/mol. The SMILES string of the molecule is COC(=O)Nc1ccc(OC(C)C(=O)N2c3ccccc3CC2C)cc1. The van der Waals surface area contributed by atoms with Crippen LogP contribution in [0.15, 0.2) is 48.5 Å². The van der Waals surface area contributed by atoms with Gasteiger partial charge in [-0.05, 0) is 56.2 Å². The van der Waals surface area contributed by atoms with Gasteiger partial charge in [0, 0.05) is 17.4 Å². The molecule has 0 fully saturated rings. The van der Waals surface area contributed by atoms with Crippen LogP contribution >= 0.6 is 0 Å². The number of nitrogens with one attached hydrogen (secondary N) is 1. The summed E-state index contributed by atoms with van der Waals surface area (Å²) >= 11 is 0. The quantitative estimate of drug-likeness (QED) is 0.911. The molecule has 2 amide bonds. The molecular weight excluding hydrogens is 332 g/mol. The lowest BCUT2D eigenvalue weighted by Gasteiger charge is -2.26. The second-order valence-electron chi connectivity index (χ2n) is 6.29. The minimum absolute atomic E-state index is 0.0702. The lowest BCUT2D eigenvalue weighted by Crippen LogP contribution is -2.43. The fourth-order valence-electron chi connectivity index (χ4n) is 3.14. The van der Waals surface area contributed by atoms with Crippen molar-refractivity contribution in [2.45, 2.75) is 32.4 Å². The maximum atomic E-state index is 12.9. The van der Waals surface area contributed by atoms with Crippen LogP contribution in [0.4, 0.5) is 16.2 Å². The first kappa shape index (κ1) is 17.8. The van der Waals surface area contributed by atoms with Crippen LogP contribution in [-0.2, 0) is 16.0 Å². The Morgan fingerprint density at radius 3 is 2.54 bits per heavy atom. The molecule has 6 heteroatoms. The topological polar surface area (TPSA) is 67.9 Å². The molecule has 0 bridgehead atoms. The Hall–Kier alpha value is -3.02. The van der Waals surface area contributed by atoms with Crippen LogP contribution in [-0.4, -0.2) is 31.3 Å². The number of methoxy groups -OCH3 is 1. The van der Waals surface area contributed by atoms with Crippen molar-refractivity contribution in [1.29, 1.82) is 0 Å². The van der Waals surface area contributed by atoms with E-state index < -0.39 is 12.2 Å². The van der Waals surface area contributed by atoms with Gasteiger partial charge < -0.3 is 14.4 Å². The summed E-state index contributed by atoms with van der Waals surface area (Å²) in [5.74, 6) is 0.487. The van der Waals surface area contributed by atoms with Gasteiger partial charge in [0.1, 0.15) is 5.75 Å². The molecule has 2 atom stereocenters. The predicted molar refractivity (Wildman–Crippen MR) is 99.7 cm³/mol. The van der Waals surface area contributed by atoms with Crippen LogP contribution in [0.5, 0.6) is 5.75 Å². The number of ether oxygens (including phenoxy) is 2. The van der Waals surface area contributed by atoms with Crippen molar-refractivity contribution in [1.82, 2.24) is 0 Å². The van der Waals surface area contributed by atoms with Crippen LogP contribution in [0.3, 0.4) is 0 Å². The Kier molecular flexibility index (Phi) is 5.11. The Bertz CT molecular complexity index is 804. The second-order valence-corrected chi connectivity index (χ2v) is 6.29. The summed E-state index contributed by atoms with van der Waals surface area (Å²) in [6, 6.07) is 14.9. The minimum atomic E-state index is -0.622. The molecule has 1 N–H and O–H groups in total. The van der Waals surface area contributed by atoms with Crippen LogP contribution < -0.4 is 15.0 Å². The van der Waals surface area contributed by atoms with Crippen molar-refractivity contribution in [3.8, 4) is 5.75 Å². The fraction of sp³-hybridized carbons (Fsp3) is 0.300. The zero-order valence-electron chi connectivity index (χ0n) is 15.1. The van der Waals surface area contributed by atoms with E-state index in [2.05, 4.69) is 16.1 Å². The van der Waals surface area contributed by atoms with Crippen molar-refractivity contribution in [2.75, 3.05) is 17.3 Å². The first-order valence-electron chi connectivity index (χ1n) is 8.52. The van der Waals surface area contributed by atoms with E-state index in [-0.39, 0.29) is 11.9 Å². The molecule has 2 aromatic rings. The molecule has 0 saturated carbocycles. The standard InChI is InChI=1S/C20H22N2O4/c1-13-12-15-6-4-5-7-18(15)22(13)19(23)14(2)26-17-10-8-16(9-11-17)21-20(24)25-3/h4-11,13-14H,12H2,1-3H3,(H,21,24). The molecule has 26 heavy (non-hydrogen) atoms. The van der Waals surface area contributed by atoms with Gasteiger partial charge in [0.15, 0.2) is 6.10 Å². The maximum Gasteiger partial charge on any atom is 0.411 e. The van der Waals surface area contributed by atoms with E-state index in [9.17, 15) is 9.59 Å². The number of nitrogens with zero attached hydrogens (tertiary/aromatic N) is 1. The zero-order chi connectivity index (χ0) is 18.7. The molecule has 0 radical (unpaired) electrons. The van der Waals surface area contributed by atoms with Gasteiger partial charge in [-0.2, -0.15) is 0 Å². The summed E-state index contributed by atoms with van der Waals surface area (Å²) in [6.07, 6.45) is -0.311. The van der Waals surface area contributed by atoms with Crippen LogP contribution in [0.1, 0.15) is 19.4 Å². The number of anilines is 2. The van der Waals surface area contributed by atoms with E-state index in [0.29, 0.717) is 11.4 Å². The number of hydrogen-bond acceptors (Lipinski definition) is 4. The molecular formula is C20H22N2O4. The molecule has 136 valence electrons. The molecule has 1 aliphatic heterocycles. The van der Waals surface area contributed by atoms with Gasteiger partial charge in [-0.1, -0.05) is 18.2 Å². The molecule has 0 aromatic heterocycles. The highest BCUT2D eigenvalue weighted by atomic mass is 16.5. The van der Waals surface area contributed by atoms with Gasteiger partial charge in [0.05, 0.1) is 7.11 Å². The van der Waals surface area contributed by atoms with Crippen molar-refractivity contribution >= 4 is 23.4 Å². The number of carbonyl (C=O) groups is 2. The zero-order valence-corrected chi connectivity index (χ0v) is 15.1. The molecule has 2 unspecified atom stereocenters. The predicted octanol–water partition coefficient (Wildman–Crippen LogP) is 3.61. The average Bonchev–Trinajstić information content (AvgIpc) is 2.98. The molecule has 0 aliphatic carbocycles. The lowest BCUT2D eigenvalue weighted by molar-refractivity contribution is -0.124. The second kappa shape index (κ2) is 7.47. The Balaban J connectivity index is 1.67. The van der Waals surface area contributed by atoms with E-state index in [1.54, 1.807) is 31.2 Å². The van der Waals surface area contributed by atoms with E-state index in [1.165, 1.54) is 12.7 Å². The van der Waals surface area contributed by atoms with Crippen LogP contribution in [0.2, 0.25) is 0 Å². The van der Waals surface area contributed by atoms with Crippen molar-refractivity contribution < 1.29 is 19.1 Å². The van der Waals surface area contributed by atoms with Crippen molar-refractivity contribution in [3.63, 3.8) is 0 Å². The summed E-state index contributed by atoms with van der Waals surface area (Å²) in [5, 5.41) is 2.56. The van der Waals surface area contributed by atoms with Gasteiger partial charge in [0.25, 0.3) is 5.91 Å². The summed E-state index contributed by atoms with van der Waals surface area (Å²) in [4.78, 5) is 25.9. The first-order valence-corrected chi connectivity index (χ1v) is 8.52. The summed E-state index contributed by atoms with van der Waals surface area (Å²) < 4.78 is 10.3. The van der Waals surface area contributed by atoms with Gasteiger partial charge in [-0.15, -0.1) is 0 Å². The van der Waals surface area contributed by atoms with E-state index in [4.69, 9.17) is 4.74 Å². The van der Waals surface area contributed by atoms with Gasteiger partial charge in [0.2, 0.25) is 0 Å². The highest BCUT2D eigenvalue weighted by molar-refractivity contribution is 5.99. The number of para-hydroxylation sites is 1. The molecule has 6 nitrogen and oxygen atoms in total. The lowest BCUT2D eigenvalue weighted by atomic mass is 10.1. The minimum Gasteiger partial charge on any atom is -0.481 e. The Labute approximate surface area is 152 Å². The van der Waals surface area contributed by atoms with Gasteiger partial charge >= 0.3 is 6.09 Å². The van der Waals surface area contributed by atoms with E-state index >= 15 is 0 Å². The Morgan fingerprint density at radius 2 is 1.85 bits per heavy atom. The smallest absolute Gasteiger partial charge is 0.411 e. The molecule has 0 saturated heterocycles. The van der Waals surface area contributed by atoms with Gasteiger partial charge in [-0.25, -0.2) is 4.79 Å². The molecule has 1 heterocycles. The summed E-state index contributed by atoms with van der Waals surface area (Å²) in [5.41, 5.74) is 2.72. The number of benzene rings is 2. The number of fused-ring (bicyclic) bond motifs is 1. The van der Waals surface area contributed by atoms with Crippen molar-refractivity contribution in [2.24, 2.45) is 0 Å². The summed E-state index contributed by atoms with van der Waals surface area (Å²) in [6.45, 7) is 3.79. The maximum absolute atomic E-state index is 12.9. The fourth-order valence-corrected chi connectivity index (χ4v) is 3.14. The first-order chi connectivity index (χ1) is 12.5. The molecule has 1 aliphatic rings. The summed E-state index contributed by atoms with van der Waals surface area (Å²) in [7, 11) is 1.30. The monoisotopic (exact) mass is 354 g/mol. The Morgan fingerprint density at radius 1 is 1.15 bits per heavy atom. The normalized spacial score (nSPS) is 16.6.